The number of allylic oxidation sites excluding steroid dienone is 2. The normalized spacial score (nSPS) is 22.5. The Morgan fingerprint density at radius 2 is 2.38 bits per heavy atom. The molecule has 1 rings (SSSR count). The Balaban J connectivity index is 2.73. The Morgan fingerprint density at radius 1 is 1.69 bits per heavy atom. The number of ketones is 2. The fourth-order valence-corrected chi connectivity index (χ4v) is 1.46. The van der Waals surface area contributed by atoms with Gasteiger partial charge in [-0.2, -0.15) is 0 Å². The third-order valence-corrected chi connectivity index (χ3v) is 2.13. The van der Waals surface area contributed by atoms with E-state index in [2.05, 4.69) is 0 Å². The van der Waals surface area contributed by atoms with Crippen molar-refractivity contribution in [3.63, 3.8) is 0 Å². The zero-order valence-electron chi connectivity index (χ0n) is 8.00. The predicted octanol–water partition coefficient (Wildman–Crippen LogP) is 1.47. The van der Waals surface area contributed by atoms with Crippen molar-refractivity contribution in [3.8, 4) is 0 Å². The molecular weight excluding hydrogens is 168 g/mol. The molecule has 0 heterocycles. The average Bonchev–Trinajstić information content (AvgIpc) is 2.08. The molecule has 0 saturated carbocycles. The Morgan fingerprint density at radius 3 is 2.92 bits per heavy atom. The summed E-state index contributed by atoms with van der Waals surface area (Å²) in [6, 6.07) is 0. The first kappa shape index (κ1) is 9.96. The largest absolute Gasteiger partial charge is 0.490 e. The van der Waals surface area contributed by atoms with E-state index >= 15 is 0 Å². The summed E-state index contributed by atoms with van der Waals surface area (Å²) in [5.74, 6) is -0.309. The van der Waals surface area contributed by atoms with Crippen molar-refractivity contribution in [2.75, 3.05) is 6.61 Å². The van der Waals surface area contributed by atoms with Gasteiger partial charge in [-0.25, -0.2) is 0 Å². The van der Waals surface area contributed by atoms with Crippen molar-refractivity contribution in [2.24, 2.45) is 5.92 Å². The van der Waals surface area contributed by atoms with Crippen LogP contribution in [-0.4, -0.2) is 18.2 Å². The van der Waals surface area contributed by atoms with Crippen LogP contribution < -0.4 is 0 Å². The van der Waals surface area contributed by atoms with Crippen LogP contribution in [0.1, 0.15) is 26.7 Å². The molecule has 1 unspecified atom stereocenters. The Bertz CT molecular complexity index is 253. The molecule has 0 aliphatic heterocycles. The van der Waals surface area contributed by atoms with Crippen molar-refractivity contribution in [1.82, 2.24) is 0 Å². The standard InChI is InChI=1S/C10H14O3/c1-3-13-9-6-4-5-8(7(2)11)10(9)12/h6,8H,3-5H2,1-2H3. The van der Waals surface area contributed by atoms with Crippen LogP contribution in [0.25, 0.3) is 0 Å². The molecule has 3 nitrogen and oxygen atoms in total. The summed E-state index contributed by atoms with van der Waals surface area (Å²) in [4.78, 5) is 22.6. The fourth-order valence-electron chi connectivity index (χ4n) is 1.46. The molecule has 0 aromatic rings. The summed E-state index contributed by atoms with van der Waals surface area (Å²) in [5, 5.41) is 0. The Labute approximate surface area is 77.8 Å². The van der Waals surface area contributed by atoms with Gasteiger partial charge in [0, 0.05) is 0 Å². The molecule has 0 aromatic carbocycles. The molecule has 1 aliphatic carbocycles. The van der Waals surface area contributed by atoms with Gasteiger partial charge < -0.3 is 4.74 Å². The van der Waals surface area contributed by atoms with Gasteiger partial charge >= 0.3 is 0 Å². The highest BCUT2D eigenvalue weighted by Gasteiger charge is 2.29. The highest BCUT2D eigenvalue weighted by Crippen LogP contribution is 2.21. The summed E-state index contributed by atoms with van der Waals surface area (Å²) in [6.45, 7) is 3.76. The highest BCUT2D eigenvalue weighted by atomic mass is 16.5. The van der Waals surface area contributed by atoms with E-state index in [1.807, 2.05) is 6.92 Å². The number of ether oxygens (including phenoxy) is 1. The van der Waals surface area contributed by atoms with Crippen molar-refractivity contribution < 1.29 is 14.3 Å². The van der Waals surface area contributed by atoms with Gasteiger partial charge in [0.15, 0.2) is 5.76 Å². The summed E-state index contributed by atoms with van der Waals surface area (Å²) in [5.41, 5.74) is 0. The maximum absolute atomic E-state index is 11.5. The van der Waals surface area contributed by atoms with E-state index in [0.717, 1.165) is 6.42 Å². The monoisotopic (exact) mass is 182 g/mol. The van der Waals surface area contributed by atoms with Crippen LogP contribution in [0.2, 0.25) is 0 Å². The lowest BCUT2D eigenvalue weighted by Gasteiger charge is -2.18. The second-order valence-corrected chi connectivity index (χ2v) is 3.11. The Hall–Kier alpha value is -1.12. The molecular formula is C10H14O3. The fraction of sp³-hybridized carbons (Fsp3) is 0.600. The number of Topliss-reactive ketones (excluding diaryl/α,β-unsaturated/α-hetero) is 2. The maximum atomic E-state index is 11.5. The van der Waals surface area contributed by atoms with Gasteiger partial charge in [-0.1, -0.05) is 0 Å². The highest BCUT2D eigenvalue weighted by molar-refractivity contribution is 6.09. The summed E-state index contributed by atoms with van der Waals surface area (Å²) in [7, 11) is 0. The van der Waals surface area contributed by atoms with Gasteiger partial charge in [0.1, 0.15) is 5.78 Å². The molecule has 0 fully saturated rings. The zero-order chi connectivity index (χ0) is 9.84. The molecule has 3 heteroatoms. The van der Waals surface area contributed by atoms with Gasteiger partial charge in [0.25, 0.3) is 0 Å². The van der Waals surface area contributed by atoms with E-state index < -0.39 is 5.92 Å². The van der Waals surface area contributed by atoms with Crippen molar-refractivity contribution in [2.45, 2.75) is 26.7 Å². The minimum atomic E-state index is -0.466. The van der Waals surface area contributed by atoms with Gasteiger partial charge in [0.05, 0.1) is 12.5 Å². The van der Waals surface area contributed by atoms with Crippen LogP contribution in [0.4, 0.5) is 0 Å². The molecule has 13 heavy (non-hydrogen) atoms. The molecule has 0 N–H and O–H groups in total. The average molecular weight is 182 g/mol. The number of carbonyl (C=O) groups is 2. The van der Waals surface area contributed by atoms with E-state index in [4.69, 9.17) is 4.74 Å². The summed E-state index contributed by atoms with van der Waals surface area (Å²) in [6.07, 6.45) is 3.15. The van der Waals surface area contributed by atoms with Crippen LogP contribution in [0, 0.1) is 5.92 Å². The molecule has 72 valence electrons. The molecule has 0 saturated heterocycles. The quantitative estimate of drug-likeness (QED) is 0.621. The van der Waals surface area contributed by atoms with Gasteiger partial charge in [0.2, 0.25) is 5.78 Å². The van der Waals surface area contributed by atoms with Gasteiger partial charge in [-0.15, -0.1) is 0 Å². The summed E-state index contributed by atoms with van der Waals surface area (Å²) < 4.78 is 5.13. The van der Waals surface area contributed by atoms with Crippen LogP contribution in [0.3, 0.4) is 0 Å². The van der Waals surface area contributed by atoms with Crippen molar-refractivity contribution in [1.29, 1.82) is 0 Å². The smallest absolute Gasteiger partial charge is 0.207 e. The van der Waals surface area contributed by atoms with Gasteiger partial charge in [-0.05, 0) is 32.8 Å². The van der Waals surface area contributed by atoms with E-state index in [9.17, 15) is 9.59 Å². The van der Waals surface area contributed by atoms with Crippen LogP contribution in [-0.2, 0) is 14.3 Å². The van der Waals surface area contributed by atoms with E-state index in [-0.39, 0.29) is 11.6 Å². The van der Waals surface area contributed by atoms with E-state index in [1.165, 1.54) is 6.92 Å². The predicted molar refractivity (Wildman–Crippen MR) is 48.1 cm³/mol. The second kappa shape index (κ2) is 4.21. The van der Waals surface area contributed by atoms with Crippen LogP contribution in [0.15, 0.2) is 11.8 Å². The van der Waals surface area contributed by atoms with Crippen molar-refractivity contribution in [3.05, 3.63) is 11.8 Å². The maximum Gasteiger partial charge on any atom is 0.207 e. The second-order valence-electron chi connectivity index (χ2n) is 3.11. The molecule has 1 aliphatic rings. The summed E-state index contributed by atoms with van der Waals surface area (Å²) >= 11 is 0. The number of hydrogen-bond donors (Lipinski definition) is 0. The lowest BCUT2D eigenvalue weighted by atomic mass is 9.89. The molecule has 0 radical (unpaired) electrons. The third kappa shape index (κ3) is 2.17. The topological polar surface area (TPSA) is 43.4 Å². The number of carbonyl (C=O) groups excluding carboxylic acids is 2. The Kier molecular flexibility index (Phi) is 3.23. The number of hydrogen-bond acceptors (Lipinski definition) is 3. The minimum Gasteiger partial charge on any atom is -0.490 e. The van der Waals surface area contributed by atoms with E-state index in [1.54, 1.807) is 6.08 Å². The zero-order valence-corrected chi connectivity index (χ0v) is 8.00. The SMILES string of the molecule is CCOC1=CCCC(C(C)=O)C1=O. The molecule has 0 spiro atoms. The third-order valence-electron chi connectivity index (χ3n) is 2.13. The first-order valence-corrected chi connectivity index (χ1v) is 4.54. The van der Waals surface area contributed by atoms with E-state index in [0.29, 0.717) is 18.8 Å². The lowest BCUT2D eigenvalue weighted by Crippen LogP contribution is -2.27. The minimum absolute atomic E-state index is 0.0599. The first-order valence-electron chi connectivity index (χ1n) is 4.54. The molecule has 0 aromatic heterocycles. The molecule has 0 amide bonds. The molecule has 1 atom stereocenters. The van der Waals surface area contributed by atoms with Gasteiger partial charge in [-0.3, -0.25) is 9.59 Å². The number of rotatable bonds is 3. The molecule has 0 bridgehead atoms. The lowest BCUT2D eigenvalue weighted by molar-refractivity contribution is -0.132. The first-order chi connectivity index (χ1) is 6.16. The van der Waals surface area contributed by atoms with Crippen molar-refractivity contribution >= 4 is 11.6 Å². The van der Waals surface area contributed by atoms with Crippen LogP contribution >= 0.6 is 0 Å². The van der Waals surface area contributed by atoms with Crippen LogP contribution in [0.5, 0.6) is 0 Å².